The Kier molecular flexibility index (Phi) is 5.88. The lowest BCUT2D eigenvalue weighted by atomic mass is 10.1. The first kappa shape index (κ1) is 19.1. The summed E-state index contributed by atoms with van der Waals surface area (Å²) in [5, 5.41) is 6.84. The first-order valence-corrected chi connectivity index (χ1v) is 9.50. The van der Waals surface area contributed by atoms with E-state index in [1.165, 1.54) is 11.3 Å². The van der Waals surface area contributed by atoms with Crippen LogP contribution < -0.4 is 10.6 Å². The van der Waals surface area contributed by atoms with Crippen molar-refractivity contribution >= 4 is 40.4 Å². The Morgan fingerprint density at radius 3 is 2.56 bits per heavy atom. The van der Waals surface area contributed by atoms with E-state index in [1.807, 2.05) is 37.3 Å². The molecule has 5 nitrogen and oxygen atoms in total. The molecule has 2 aromatic carbocycles. The average molecular weight is 400 g/mol. The van der Waals surface area contributed by atoms with Crippen LogP contribution in [0, 0.1) is 6.92 Å². The number of nitrogens with zero attached hydrogens (tertiary/aromatic N) is 1. The summed E-state index contributed by atoms with van der Waals surface area (Å²) in [5.41, 5.74) is 3.10. The predicted molar refractivity (Wildman–Crippen MR) is 109 cm³/mol. The lowest BCUT2D eigenvalue weighted by Crippen LogP contribution is -2.19. The average Bonchev–Trinajstić information content (AvgIpc) is 3.05. The molecule has 1 heterocycles. The number of benzene rings is 2. The molecule has 0 spiro atoms. The lowest BCUT2D eigenvalue weighted by molar-refractivity contribution is -0.119. The number of aromatic nitrogens is 1. The van der Waals surface area contributed by atoms with E-state index >= 15 is 0 Å². The van der Waals surface area contributed by atoms with Crippen LogP contribution in [-0.4, -0.2) is 23.8 Å². The van der Waals surface area contributed by atoms with Crippen molar-refractivity contribution in [3.8, 4) is 10.6 Å². The second-order valence-electron chi connectivity index (χ2n) is 5.94. The quantitative estimate of drug-likeness (QED) is 0.671. The van der Waals surface area contributed by atoms with Crippen molar-refractivity contribution in [3.63, 3.8) is 0 Å². The van der Waals surface area contributed by atoms with Crippen LogP contribution in [0.2, 0.25) is 5.02 Å². The van der Waals surface area contributed by atoms with Gasteiger partial charge in [-0.1, -0.05) is 35.9 Å². The minimum Gasteiger partial charge on any atom is -0.359 e. The van der Waals surface area contributed by atoms with E-state index in [0.717, 1.165) is 16.1 Å². The van der Waals surface area contributed by atoms with Gasteiger partial charge in [0.15, 0.2) is 0 Å². The maximum Gasteiger partial charge on any atom is 0.267 e. The van der Waals surface area contributed by atoms with Crippen molar-refractivity contribution in [2.24, 2.45) is 0 Å². The Labute approximate surface area is 166 Å². The summed E-state index contributed by atoms with van der Waals surface area (Å²) in [6.07, 6.45) is 0.307. The van der Waals surface area contributed by atoms with Crippen molar-refractivity contribution in [1.29, 1.82) is 0 Å². The highest BCUT2D eigenvalue weighted by Gasteiger charge is 2.16. The van der Waals surface area contributed by atoms with Crippen LogP contribution in [-0.2, 0) is 11.2 Å². The Balaban J connectivity index is 1.74. The number of halogens is 1. The molecule has 2 N–H and O–H groups in total. The van der Waals surface area contributed by atoms with Crippen LogP contribution in [0.1, 0.15) is 20.9 Å². The molecule has 0 radical (unpaired) electrons. The van der Waals surface area contributed by atoms with E-state index in [1.54, 1.807) is 25.2 Å². The smallest absolute Gasteiger partial charge is 0.267 e. The maximum absolute atomic E-state index is 12.6. The third-order valence-corrected chi connectivity index (χ3v) is 5.37. The molecular formula is C20H18ClN3O2S. The van der Waals surface area contributed by atoms with Gasteiger partial charge in [0.25, 0.3) is 5.91 Å². The van der Waals surface area contributed by atoms with Gasteiger partial charge in [-0.3, -0.25) is 9.59 Å². The molecule has 0 aliphatic carbocycles. The van der Waals surface area contributed by atoms with Crippen LogP contribution >= 0.6 is 22.9 Å². The Hall–Kier alpha value is -2.70. The van der Waals surface area contributed by atoms with Crippen LogP contribution in [0.15, 0.2) is 48.5 Å². The van der Waals surface area contributed by atoms with Gasteiger partial charge >= 0.3 is 0 Å². The van der Waals surface area contributed by atoms with Gasteiger partial charge in [0.1, 0.15) is 9.88 Å². The molecule has 0 fully saturated rings. The summed E-state index contributed by atoms with van der Waals surface area (Å²) in [5.74, 6) is -0.266. The number of amides is 2. The third-order valence-electron chi connectivity index (χ3n) is 3.93. The lowest BCUT2D eigenvalue weighted by Gasteiger charge is -2.06. The molecule has 0 aliphatic heterocycles. The molecule has 3 aromatic rings. The van der Waals surface area contributed by atoms with Crippen molar-refractivity contribution in [1.82, 2.24) is 10.3 Å². The zero-order valence-electron chi connectivity index (χ0n) is 14.9. The number of aryl methyl sites for hydroxylation is 1. The highest BCUT2D eigenvalue weighted by molar-refractivity contribution is 7.17. The molecule has 7 heteroatoms. The summed E-state index contributed by atoms with van der Waals surface area (Å²) in [4.78, 5) is 29.1. The van der Waals surface area contributed by atoms with Crippen LogP contribution in [0.4, 0.5) is 5.69 Å². The maximum atomic E-state index is 12.6. The van der Waals surface area contributed by atoms with Crippen molar-refractivity contribution in [2.45, 2.75) is 13.3 Å². The first-order valence-electron chi connectivity index (χ1n) is 8.30. The molecule has 0 unspecified atom stereocenters. The zero-order chi connectivity index (χ0) is 19.4. The predicted octanol–water partition coefficient (Wildman–Crippen LogP) is 4.31. The fourth-order valence-corrected chi connectivity index (χ4v) is 3.67. The number of carbonyl (C=O) groups excluding carboxylic acids is 2. The molecule has 2 amide bonds. The number of nitrogens with one attached hydrogen (secondary N) is 2. The number of likely N-dealkylation sites (N-methyl/N-ethyl adjacent to an activating group) is 1. The fourth-order valence-electron chi connectivity index (χ4n) is 2.52. The van der Waals surface area contributed by atoms with E-state index in [-0.39, 0.29) is 11.8 Å². The van der Waals surface area contributed by atoms with Crippen LogP contribution in [0.5, 0.6) is 0 Å². The first-order chi connectivity index (χ1) is 13.0. The van der Waals surface area contributed by atoms with Gasteiger partial charge in [-0.05, 0) is 36.8 Å². The summed E-state index contributed by atoms with van der Waals surface area (Å²) in [6.45, 7) is 1.81. The molecule has 27 heavy (non-hydrogen) atoms. The van der Waals surface area contributed by atoms with Crippen molar-refractivity contribution < 1.29 is 9.59 Å². The van der Waals surface area contributed by atoms with Gasteiger partial charge in [-0.15, -0.1) is 11.3 Å². The SMILES string of the molecule is CNC(=O)Cc1ccc(NC(=O)c2sc(-c3cccc(Cl)c3)nc2C)cc1. The number of anilines is 1. The molecule has 0 bridgehead atoms. The second-order valence-corrected chi connectivity index (χ2v) is 7.38. The number of hydrogen-bond donors (Lipinski definition) is 2. The van der Waals surface area contributed by atoms with E-state index in [4.69, 9.17) is 11.6 Å². The minimum absolute atomic E-state index is 0.0550. The van der Waals surface area contributed by atoms with Crippen LogP contribution in [0.3, 0.4) is 0 Å². The van der Waals surface area contributed by atoms with Crippen LogP contribution in [0.25, 0.3) is 10.6 Å². The molecule has 3 rings (SSSR count). The highest BCUT2D eigenvalue weighted by Crippen LogP contribution is 2.30. The van der Waals surface area contributed by atoms with Crippen molar-refractivity contribution in [2.75, 3.05) is 12.4 Å². The largest absolute Gasteiger partial charge is 0.359 e. The summed E-state index contributed by atoms with van der Waals surface area (Å²) in [7, 11) is 1.60. The molecule has 0 saturated heterocycles. The Morgan fingerprint density at radius 1 is 1.15 bits per heavy atom. The van der Waals surface area contributed by atoms with E-state index in [9.17, 15) is 9.59 Å². The van der Waals surface area contributed by atoms with E-state index < -0.39 is 0 Å². The number of thiazole rings is 1. The molecule has 1 aromatic heterocycles. The molecular weight excluding hydrogens is 382 g/mol. The fraction of sp³-hybridized carbons (Fsp3) is 0.150. The second kappa shape index (κ2) is 8.33. The number of hydrogen-bond acceptors (Lipinski definition) is 4. The normalized spacial score (nSPS) is 10.5. The minimum atomic E-state index is -0.211. The third kappa shape index (κ3) is 4.72. The zero-order valence-corrected chi connectivity index (χ0v) is 16.4. The highest BCUT2D eigenvalue weighted by atomic mass is 35.5. The van der Waals surface area contributed by atoms with E-state index in [2.05, 4.69) is 15.6 Å². The Morgan fingerprint density at radius 2 is 1.89 bits per heavy atom. The standard InChI is InChI=1S/C20H18ClN3O2S/c1-12-18(27-20(23-12)14-4-3-5-15(21)11-14)19(26)24-16-8-6-13(7-9-16)10-17(25)22-2/h3-9,11H,10H2,1-2H3,(H,22,25)(H,24,26). The topological polar surface area (TPSA) is 71.1 Å². The molecule has 0 atom stereocenters. The van der Waals surface area contributed by atoms with Crippen molar-refractivity contribution in [3.05, 3.63) is 69.7 Å². The van der Waals surface area contributed by atoms with Gasteiger partial charge in [0.05, 0.1) is 12.1 Å². The van der Waals surface area contributed by atoms with Gasteiger partial charge in [-0.25, -0.2) is 4.98 Å². The van der Waals surface area contributed by atoms with Gasteiger partial charge in [0, 0.05) is 23.3 Å². The summed E-state index contributed by atoms with van der Waals surface area (Å²) < 4.78 is 0. The van der Waals surface area contributed by atoms with Gasteiger partial charge < -0.3 is 10.6 Å². The molecule has 138 valence electrons. The van der Waals surface area contributed by atoms with Gasteiger partial charge in [0.2, 0.25) is 5.91 Å². The number of rotatable bonds is 5. The van der Waals surface area contributed by atoms with Gasteiger partial charge in [-0.2, -0.15) is 0 Å². The Bertz CT molecular complexity index is 983. The summed E-state index contributed by atoms with van der Waals surface area (Å²) >= 11 is 7.37. The summed E-state index contributed by atoms with van der Waals surface area (Å²) in [6, 6.07) is 14.6. The molecule has 0 saturated carbocycles. The molecule has 0 aliphatic rings. The monoisotopic (exact) mass is 399 g/mol. The van der Waals surface area contributed by atoms with E-state index in [0.29, 0.717) is 27.7 Å². The number of carbonyl (C=O) groups is 2.